The van der Waals surface area contributed by atoms with E-state index in [0.29, 0.717) is 30.6 Å². The minimum absolute atomic E-state index is 0.00778. The van der Waals surface area contributed by atoms with Gasteiger partial charge >= 0.3 is 6.18 Å². The second kappa shape index (κ2) is 13.2. The molecule has 0 saturated heterocycles. The van der Waals surface area contributed by atoms with Gasteiger partial charge in [0.2, 0.25) is 0 Å². The molecule has 1 saturated carbocycles. The molecule has 3 unspecified atom stereocenters. The molecule has 216 valence electrons. The number of hydrogen-bond acceptors (Lipinski definition) is 8. The minimum atomic E-state index is -4.51. The van der Waals surface area contributed by atoms with E-state index in [4.69, 9.17) is 21.5 Å². The summed E-state index contributed by atoms with van der Waals surface area (Å²) in [5.41, 5.74) is -0.201. The summed E-state index contributed by atoms with van der Waals surface area (Å²) in [6.07, 6.45) is 1.41. The molecule has 1 aromatic carbocycles. The number of alkyl halides is 3. The Balaban J connectivity index is 0.00000141. The molecule has 2 heterocycles. The van der Waals surface area contributed by atoms with E-state index in [1.165, 1.54) is 36.9 Å². The molecule has 1 aliphatic carbocycles. The molecule has 3 N–H and O–H groups in total. The SMILES string of the molecule is CN(C)C1CC(c2ccc(Cl)c(C(F)(F)F)c2)CCC1Nc1ccc(S(=O)(=O)Nc2ccncn2)cn1.O=CO. The maximum atomic E-state index is 13.4. The molecule has 10 nitrogen and oxygen atoms in total. The monoisotopic (exact) mass is 600 g/mol. The van der Waals surface area contributed by atoms with Crippen LogP contribution in [-0.2, 0) is 21.0 Å². The number of halogens is 4. The summed E-state index contributed by atoms with van der Waals surface area (Å²) in [4.78, 5) is 22.3. The first-order valence-corrected chi connectivity index (χ1v) is 13.8. The quantitative estimate of drug-likeness (QED) is 0.329. The van der Waals surface area contributed by atoms with Crippen LogP contribution in [0.3, 0.4) is 0 Å². The van der Waals surface area contributed by atoms with Gasteiger partial charge in [0.25, 0.3) is 16.5 Å². The fourth-order valence-corrected chi connectivity index (χ4v) is 5.74. The second-order valence-corrected chi connectivity index (χ2v) is 11.3. The molecule has 0 radical (unpaired) electrons. The van der Waals surface area contributed by atoms with E-state index in [-0.39, 0.29) is 40.2 Å². The van der Waals surface area contributed by atoms with Crippen LogP contribution in [-0.4, -0.2) is 66.0 Å². The van der Waals surface area contributed by atoms with Crippen molar-refractivity contribution in [1.29, 1.82) is 0 Å². The van der Waals surface area contributed by atoms with Crippen molar-refractivity contribution >= 4 is 39.7 Å². The van der Waals surface area contributed by atoms with Gasteiger partial charge in [0.15, 0.2) is 0 Å². The molecule has 3 atom stereocenters. The molecule has 40 heavy (non-hydrogen) atoms. The normalized spacial score (nSPS) is 19.3. The van der Waals surface area contributed by atoms with Gasteiger partial charge in [0, 0.05) is 24.5 Å². The topological polar surface area (TPSA) is 137 Å². The first-order valence-electron chi connectivity index (χ1n) is 12.0. The van der Waals surface area contributed by atoms with Crippen molar-refractivity contribution in [1.82, 2.24) is 19.9 Å². The van der Waals surface area contributed by atoms with Gasteiger partial charge in [0.05, 0.1) is 10.6 Å². The predicted octanol–water partition coefficient (Wildman–Crippen LogP) is 4.72. The van der Waals surface area contributed by atoms with Crippen molar-refractivity contribution in [3.63, 3.8) is 0 Å². The summed E-state index contributed by atoms with van der Waals surface area (Å²) in [5.74, 6) is 0.588. The Labute approximate surface area is 234 Å². The summed E-state index contributed by atoms with van der Waals surface area (Å²) >= 11 is 5.80. The zero-order chi connectivity index (χ0) is 29.5. The highest BCUT2D eigenvalue weighted by Gasteiger charge is 2.36. The zero-order valence-electron chi connectivity index (χ0n) is 21.5. The second-order valence-electron chi connectivity index (χ2n) is 9.21. The molecule has 1 aliphatic rings. The summed E-state index contributed by atoms with van der Waals surface area (Å²) in [6.45, 7) is -0.250. The van der Waals surface area contributed by atoms with Gasteiger partial charge < -0.3 is 15.3 Å². The van der Waals surface area contributed by atoms with Crippen LogP contribution in [0.15, 0.2) is 60.0 Å². The average Bonchev–Trinajstić information content (AvgIpc) is 2.89. The van der Waals surface area contributed by atoms with E-state index >= 15 is 0 Å². The molecule has 3 aromatic rings. The molecular formula is C25H28ClF3N6O4S. The summed E-state index contributed by atoms with van der Waals surface area (Å²) in [7, 11) is -0.0243. The standard InChI is InChI=1S/C24H26ClF3N6O2S.CH2O2/c1-34(2)21-12-16(15-3-6-19(25)18(11-15)24(26,27)28)4-7-20(21)32-22-8-5-17(13-30-22)37(35,36)33-23-9-10-29-14-31-23;2-1-3/h3,5-6,8-11,13-14,16,20-21H,4,7,12H2,1-2H3,(H,30,32)(H,29,31,33);1H,(H,2,3). The molecule has 0 aliphatic heterocycles. The fourth-order valence-electron chi connectivity index (χ4n) is 4.56. The van der Waals surface area contributed by atoms with Crippen LogP contribution in [0, 0.1) is 0 Å². The summed E-state index contributed by atoms with van der Waals surface area (Å²) in [5, 5.41) is 9.95. The molecule has 4 rings (SSSR count). The lowest BCUT2D eigenvalue weighted by atomic mass is 9.78. The number of pyridine rings is 1. The summed E-state index contributed by atoms with van der Waals surface area (Å²) in [6, 6.07) is 8.58. The lowest BCUT2D eigenvalue weighted by Crippen LogP contribution is -2.47. The highest BCUT2D eigenvalue weighted by atomic mass is 35.5. The molecule has 15 heteroatoms. The van der Waals surface area contributed by atoms with Crippen molar-refractivity contribution in [3.8, 4) is 0 Å². The average molecular weight is 601 g/mol. The number of likely N-dealkylation sites (N-methyl/N-ethyl adjacent to an activating group) is 1. The van der Waals surface area contributed by atoms with Gasteiger partial charge in [-0.25, -0.2) is 23.4 Å². The van der Waals surface area contributed by atoms with E-state index in [2.05, 4.69) is 25.0 Å². The molecular weight excluding hydrogens is 573 g/mol. The Hall–Kier alpha value is -3.49. The highest BCUT2D eigenvalue weighted by Crippen LogP contribution is 2.40. The van der Waals surface area contributed by atoms with E-state index in [1.54, 1.807) is 12.1 Å². The number of nitrogens with one attached hydrogen (secondary N) is 2. The number of rotatable bonds is 7. The van der Waals surface area contributed by atoms with Crippen LogP contribution >= 0.6 is 11.6 Å². The number of nitrogens with zero attached hydrogens (tertiary/aromatic N) is 4. The highest BCUT2D eigenvalue weighted by molar-refractivity contribution is 7.92. The largest absolute Gasteiger partial charge is 0.483 e. The van der Waals surface area contributed by atoms with Gasteiger partial charge in [-0.2, -0.15) is 13.2 Å². The first kappa shape index (κ1) is 31.0. The Bertz CT molecular complexity index is 1380. The van der Waals surface area contributed by atoms with Crippen molar-refractivity contribution in [2.45, 2.75) is 48.3 Å². The fraction of sp³-hybridized carbons (Fsp3) is 0.360. The molecule has 2 aromatic heterocycles. The first-order chi connectivity index (χ1) is 18.9. The maximum absolute atomic E-state index is 13.4. The number of hydrogen-bond donors (Lipinski definition) is 3. The number of carbonyl (C=O) groups is 1. The van der Waals surface area contributed by atoms with Crippen LogP contribution in [0.1, 0.15) is 36.3 Å². The van der Waals surface area contributed by atoms with Crippen molar-refractivity contribution in [2.75, 3.05) is 24.1 Å². The van der Waals surface area contributed by atoms with Gasteiger partial charge in [-0.1, -0.05) is 17.7 Å². The number of benzene rings is 1. The van der Waals surface area contributed by atoms with Gasteiger partial charge in [0.1, 0.15) is 22.9 Å². The van der Waals surface area contributed by atoms with Crippen LogP contribution in [0.25, 0.3) is 0 Å². The van der Waals surface area contributed by atoms with Crippen LogP contribution in [0.4, 0.5) is 24.8 Å². The van der Waals surface area contributed by atoms with E-state index in [1.807, 2.05) is 19.0 Å². The zero-order valence-corrected chi connectivity index (χ0v) is 23.1. The predicted molar refractivity (Wildman–Crippen MR) is 144 cm³/mol. The lowest BCUT2D eigenvalue weighted by molar-refractivity contribution is -0.137. The van der Waals surface area contributed by atoms with Gasteiger partial charge in [-0.05, 0) is 75.2 Å². The molecule has 0 bridgehead atoms. The van der Waals surface area contributed by atoms with Gasteiger partial charge in [-0.3, -0.25) is 9.52 Å². The third-order valence-electron chi connectivity index (χ3n) is 6.45. The number of anilines is 2. The third-order valence-corrected chi connectivity index (χ3v) is 8.12. The minimum Gasteiger partial charge on any atom is -0.483 e. The number of sulfonamides is 1. The Morgan fingerprint density at radius 1 is 1.10 bits per heavy atom. The maximum Gasteiger partial charge on any atom is 0.417 e. The Morgan fingerprint density at radius 2 is 1.82 bits per heavy atom. The molecule has 0 spiro atoms. The van der Waals surface area contributed by atoms with Crippen LogP contribution < -0.4 is 10.0 Å². The molecule has 1 fully saturated rings. The Kier molecular flexibility index (Phi) is 10.3. The van der Waals surface area contributed by atoms with Gasteiger partial charge in [-0.15, -0.1) is 0 Å². The lowest BCUT2D eigenvalue weighted by Gasteiger charge is -2.40. The number of aromatic nitrogens is 3. The Morgan fingerprint density at radius 3 is 2.40 bits per heavy atom. The summed E-state index contributed by atoms with van der Waals surface area (Å²) < 4.78 is 67.7. The molecule has 0 amide bonds. The van der Waals surface area contributed by atoms with Crippen molar-refractivity contribution in [2.24, 2.45) is 0 Å². The third kappa shape index (κ3) is 8.02. The van der Waals surface area contributed by atoms with E-state index in [0.717, 1.165) is 6.07 Å². The van der Waals surface area contributed by atoms with Crippen molar-refractivity contribution in [3.05, 3.63) is 71.3 Å². The smallest absolute Gasteiger partial charge is 0.417 e. The van der Waals surface area contributed by atoms with Crippen molar-refractivity contribution < 1.29 is 31.5 Å². The van der Waals surface area contributed by atoms with E-state index in [9.17, 15) is 21.6 Å². The van der Waals surface area contributed by atoms with E-state index < -0.39 is 21.8 Å². The van der Waals surface area contributed by atoms with Crippen LogP contribution in [0.2, 0.25) is 5.02 Å². The number of carboxylic acid groups (broad SMARTS) is 1. The van der Waals surface area contributed by atoms with Crippen LogP contribution in [0.5, 0.6) is 0 Å².